The first kappa shape index (κ1) is 37.9. The van der Waals surface area contributed by atoms with Crippen LogP contribution in [0.25, 0.3) is 11.4 Å². The molecule has 15 heteroatoms. The molecule has 0 radical (unpaired) electrons. The Morgan fingerprint density at radius 3 is 2.16 bits per heavy atom. The van der Waals surface area contributed by atoms with Crippen LogP contribution in [0.4, 0.5) is 10.6 Å². The zero-order valence-electron chi connectivity index (χ0n) is 29.7. The highest BCUT2D eigenvalue weighted by Gasteiger charge is 2.33. The first-order valence-electron chi connectivity index (χ1n) is 17.4. The van der Waals surface area contributed by atoms with Gasteiger partial charge in [-0.1, -0.05) is 42.5 Å². The molecule has 0 aliphatic carbocycles. The number of amides is 3. The minimum atomic E-state index is -3.51. The number of carbonyl (C=O) groups is 3. The lowest BCUT2D eigenvalue weighted by atomic mass is 10.0. The van der Waals surface area contributed by atoms with Crippen LogP contribution in [0.2, 0.25) is 0 Å². The standard InChI is InChI=1S/C36H47N6O8P/c1-5-48-36(45)41-21-19-40(20-22-41)35(44)31(23-26-13-15-29(16-14-26)51(46,49-6-2)50-7-3)38-34(43)30-24-32(42-18-17-28(25-42)47-4)39-33(37-30)27-11-9-8-10-12-27/h8-16,24,28,31H,5-7,17-23,25H2,1-4H3,(H,38,43)/t28-,31-/m0/s1. The number of nitrogens with one attached hydrogen (secondary N) is 1. The van der Waals surface area contributed by atoms with Crippen molar-refractivity contribution in [1.82, 2.24) is 25.1 Å². The molecule has 2 atom stereocenters. The molecule has 2 saturated heterocycles. The molecule has 3 heterocycles. The minimum Gasteiger partial charge on any atom is -0.450 e. The first-order valence-corrected chi connectivity index (χ1v) is 18.9. The maximum absolute atomic E-state index is 14.1. The second-order valence-corrected chi connectivity index (χ2v) is 14.2. The topological polar surface area (TPSA) is 153 Å². The molecule has 274 valence electrons. The molecular weight excluding hydrogens is 675 g/mol. The Labute approximate surface area is 299 Å². The van der Waals surface area contributed by atoms with Crippen molar-refractivity contribution >= 4 is 36.6 Å². The van der Waals surface area contributed by atoms with Gasteiger partial charge >= 0.3 is 13.7 Å². The average molecular weight is 723 g/mol. The third-order valence-corrected chi connectivity index (χ3v) is 10.9. The smallest absolute Gasteiger partial charge is 0.409 e. The first-order chi connectivity index (χ1) is 24.7. The van der Waals surface area contributed by atoms with Crippen LogP contribution in [-0.4, -0.2) is 116 Å². The highest BCUT2D eigenvalue weighted by atomic mass is 31.2. The largest absolute Gasteiger partial charge is 0.450 e. The summed E-state index contributed by atoms with van der Waals surface area (Å²) in [5.74, 6) is 0.150. The predicted octanol–water partition coefficient (Wildman–Crippen LogP) is 3.90. The van der Waals surface area contributed by atoms with E-state index in [9.17, 15) is 18.9 Å². The molecule has 5 rings (SSSR count). The van der Waals surface area contributed by atoms with Gasteiger partial charge in [0.2, 0.25) is 5.91 Å². The number of methoxy groups -OCH3 is 1. The highest BCUT2D eigenvalue weighted by Crippen LogP contribution is 2.46. The third-order valence-electron chi connectivity index (χ3n) is 8.79. The van der Waals surface area contributed by atoms with Crippen LogP contribution in [0, 0.1) is 0 Å². The number of carbonyl (C=O) groups excluding carboxylic acids is 3. The molecule has 2 aliphatic rings. The summed E-state index contributed by atoms with van der Waals surface area (Å²) >= 11 is 0. The van der Waals surface area contributed by atoms with Crippen LogP contribution >= 0.6 is 7.60 Å². The summed E-state index contributed by atoms with van der Waals surface area (Å²) in [6.07, 6.45) is 0.592. The molecule has 2 aliphatic heterocycles. The summed E-state index contributed by atoms with van der Waals surface area (Å²) in [7, 11) is -1.83. The van der Waals surface area contributed by atoms with Crippen LogP contribution in [0.1, 0.15) is 43.2 Å². The van der Waals surface area contributed by atoms with Gasteiger partial charge in [0.1, 0.15) is 17.6 Å². The SMILES string of the molecule is CCOC(=O)N1CCN(C(=O)[C@H](Cc2ccc(P(=O)(OCC)OCC)cc2)NC(=O)c2cc(N3CC[C@H](OC)C3)nc(-c3ccccc3)n2)CC1. The molecular formula is C36H47N6O8P. The maximum atomic E-state index is 14.1. The molecule has 2 aromatic carbocycles. The second kappa shape index (κ2) is 17.7. The predicted molar refractivity (Wildman–Crippen MR) is 192 cm³/mol. The van der Waals surface area contributed by atoms with Crippen molar-refractivity contribution in [2.45, 2.75) is 45.8 Å². The summed E-state index contributed by atoms with van der Waals surface area (Å²) in [6, 6.07) is 16.9. The van der Waals surface area contributed by atoms with Crippen LogP contribution < -0.4 is 15.5 Å². The van der Waals surface area contributed by atoms with Gasteiger partial charge in [-0.25, -0.2) is 14.8 Å². The van der Waals surface area contributed by atoms with Gasteiger partial charge in [-0.3, -0.25) is 14.2 Å². The van der Waals surface area contributed by atoms with Gasteiger partial charge in [0.25, 0.3) is 5.91 Å². The van der Waals surface area contributed by atoms with E-state index in [-0.39, 0.29) is 57.0 Å². The van der Waals surface area contributed by atoms with E-state index in [1.54, 1.807) is 68.0 Å². The quantitative estimate of drug-likeness (QED) is 0.241. The van der Waals surface area contributed by atoms with Crippen molar-refractivity contribution in [3.8, 4) is 11.4 Å². The monoisotopic (exact) mass is 722 g/mol. The fraction of sp³-hybridized carbons (Fsp3) is 0.472. The number of hydrogen-bond acceptors (Lipinski definition) is 11. The van der Waals surface area contributed by atoms with Crippen LogP contribution in [0.3, 0.4) is 0 Å². The molecule has 3 aromatic rings. The lowest BCUT2D eigenvalue weighted by Crippen LogP contribution is -2.56. The molecule has 0 saturated carbocycles. The zero-order chi connectivity index (χ0) is 36.4. The molecule has 51 heavy (non-hydrogen) atoms. The third kappa shape index (κ3) is 9.50. The van der Waals surface area contributed by atoms with E-state index in [0.717, 1.165) is 17.5 Å². The number of aromatic nitrogens is 2. The number of anilines is 1. The van der Waals surface area contributed by atoms with Crippen molar-refractivity contribution in [2.24, 2.45) is 0 Å². The van der Waals surface area contributed by atoms with Gasteiger partial charge in [-0.05, 0) is 44.9 Å². The van der Waals surface area contributed by atoms with E-state index in [1.807, 2.05) is 30.3 Å². The summed E-state index contributed by atoms with van der Waals surface area (Å²) in [4.78, 5) is 55.2. The molecule has 1 N–H and O–H groups in total. The van der Waals surface area contributed by atoms with Crippen molar-refractivity contribution < 1.29 is 37.5 Å². The van der Waals surface area contributed by atoms with Crippen molar-refractivity contribution in [3.63, 3.8) is 0 Å². The molecule has 0 bridgehead atoms. The zero-order valence-corrected chi connectivity index (χ0v) is 30.6. The van der Waals surface area contributed by atoms with E-state index in [2.05, 4.69) is 15.2 Å². The average Bonchev–Trinajstić information content (AvgIpc) is 3.65. The van der Waals surface area contributed by atoms with E-state index in [0.29, 0.717) is 43.1 Å². The summed E-state index contributed by atoms with van der Waals surface area (Å²) in [5, 5.41) is 3.36. The van der Waals surface area contributed by atoms with Crippen molar-refractivity contribution in [3.05, 3.63) is 71.9 Å². The van der Waals surface area contributed by atoms with Crippen LogP contribution in [0.15, 0.2) is 60.7 Å². The number of piperazine rings is 1. The summed E-state index contributed by atoms with van der Waals surface area (Å²) in [5.41, 5.74) is 1.59. The van der Waals surface area contributed by atoms with Gasteiger partial charge in [0.05, 0.1) is 31.2 Å². The van der Waals surface area contributed by atoms with E-state index < -0.39 is 25.6 Å². The van der Waals surface area contributed by atoms with E-state index in [4.69, 9.17) is 23.5 Å². The van der Waals surface area contributed by atoms with Gasteiger partial charge < -0.3 is 38.5 Å². The summed E-state index contributed by atoms with van der Waals surface area (Å²) in [6.45, 7) is 8.42. The van der Waals surface area contributed by atoms with E-state index in [1.165, 1.54) is 0 Å². The summed E-state index contributed by atoms with van der Waals surface area (Å²) < 4.78 is 35.0. The molecule has 0 spiro atoms. The van der Waals surface area contributed by atoms with Gasteiger partial charge in [-0.15, -0.1) is 0 Å². The number of hydrogen-bond donors (Lipinski definition) is 1. The Balaban J connectivity index is 1.42. The van der Waals surface area contributed by atoms with Gasteiger partial charge in [0.15, 0.2) is 5.82 Å². The number of ether oxygens (including phenoxy) is 2. The van der Waals surface area contributed by atoms with Crippen molar-refractivity contribution in [1.29, 1.82) is 0 Å². The number of nitrogens with zero attached hydrogens (tertiary/aromatic N) is 5. The second-order valence-electron chi connectivity index (χ2n) is 12.1. The lowest BCUT2D eigenvalue weighted by molar-refractivity contribution is -0.134. The maximum Gasteiger partial charge on any atom is 0.409 e. The molecule has 1 aromatic heterocycles. The van der Waals surface area contributed by atoms with Crippen LogP contribution in [0.5, 0.6) is 0 Å². The van der Waals surface area contributed by atoms with Crippen molar-refractivity contribution in [2.75, 3.05) is 71.1 Å². The minimum absolute atomic E-state index is 0.0473. The van der Waals surface area contributed by atoms with E-state index >= 15 is 0 Å². The van der Waals surface area contributed by atoms with Crippen LogP contribution in [-0.2, 0) is 34.3 Å². The fourth-order valence-corrected chi connectivity index (χ4v) is 7.68. The molecule has 2 fully saturated rings. The molecule has 0 unspecified atom stereocenters. The van der Waals surface area contributed by atoms with Gasteiger partial charge in [0, 0.05) is 64.4 Å². The Hall–Kier alpha value is -4.36. The highest BCUT2D eigenvalue weighted by molar-refractivity contribution is 7.62. The fourth-order valence-electron chi connectivity index (χ4n) is 6.11. The Morgan fingerprint density at radius 1 is 0.882 bits per heavy atom. The Bertz CT molecular complexity index is 1680. The number of rotatable bonds is 14. The lowest BCUT2D eigenvalue weighted by Gasteiger charge is -2.36. The normalized spacial score (nSPS) is 16.9. The van der Waals surface area contributed by atoms with Gasteiger partial charge in [-0.2, -0.15) is 0 Å². The Kier molecular flexibility index (Phi) is 13.2. The Morgan fingerprint density at radius 2 is 1.55 bits per heavy atom. The molecule has 3 amide bonds. The number of benzene rings is 2. The molecule has 14 nitrogen and oxygen atoms in total.